The summed E-state index contributed by atoms with van der Waals surface area (Å²) < 4.78 is 5.58. The molecule has 0 fully saturated rings. The number of phenols is 2. The molecule has 0 spiro atoms. The molecule has 4 heteroatoms. The van der Waals surface area contributed by atoms with E-state index in [4.69, 9.17) is 4.42 Å². The lowest BCUT2D eigenvalue weighted by Gasteiger charge is -2.09. The van der Waals surface area contributed by atoms with Gasteiger partial charge in [-0.3, -0.25) is 4.79 Å². The van der Waals surface area contributed by atoms with Gasteiger partial charge in [0.05, 0.1) is 5.56 Å². The maximum absolute atomic E-state index is 12.2. The molecule has 0 bridgehead atoms. The first-order chi connectivity index (χ1) is 9.81. The predicted octanol–water partition coefficient (Wildman–Crippen LogP) is 3.92. The van der Waals surface area contributed by atoms with Crippen LogP contribution in [0.3, 0.4) is 0 Å². The van der Waals surface area contributed by atoms with E-state index in [1.54, 1.807) is 13.0 Å². The van der Waals surface area contributed by atoms with E-state index in [0.29, 0.717) is 5.76 Å². The number of hydrogen-bond acceptors (Lipinski definition) is 4. The lowest BCUT2D eigenvalue weighted by Crippen LogP contribution is -2.04. The van der Waals surface area contributed by atoms with Crippen LogP contribution in [0.15, 0.2) is 39.6 Å². The summed E-state index contributed by atoms with van der Waals surface area (Å²) in [5.41, 5.74) is 0.780. The third-order valence-corrected chi connectivity index (χ3v) is 3.13. The fourth-order valence-corrected chi connectivity index (χ4v) is 2.00. The zero-order valence-electron chi connectivity index (χ0n) is 12.3. The Labute approximate surface area is 122 Å². The maximum Gasteiger partial charge on any atom is 0.196 e. The van der Waals surface area contributed by atoms with E-state index >= 15 is 0 Å². The SMILES string of the molecule is C=C(C)C=Cc1c(O)cc2oc(C(C)C)cc(=O)c2c1O. The lowest BCUT2D eigenvalue weighted by molar-refractivity contribution is 0.446. The van der Waals surface area contributed by atoms with Crippen LogP contribution in [0.1, 0.15) is 38.0 Å². The van der Waals surface area contributed by atoms with E-state index < -0.39 is 0 Å². The van der Waals surface area contributed by atoms with Crippen molar-refractivity contribution in [3.05, 3.63) is 51.9 Å². The quantitative estimate of drug-likeness (QED) is 0.839. The van der Waals surface area contributed by atoms with Gasteiger partial charge in [-0.15, -0.1) is 0 Å². The molecule has 21 heavy (non-hydrogen) atoms. The number of fused-ring (bicyclic) bond motifs is 1. The third-order valence-electron chi connectivity index (χ3n) is 3.13. The Morgan fingerprint density at radius 3 is 2.57 bits per heavy atom. The Kier molecular flexibility index (Phi) is 3.89. The molecular formula is C17H18O4. The van der Waals surface area contributed by atoms with Crippen LogP contribution in [0.2, 0.25) is 0 Å². The minimum absolute atomic E-state index is 0.0365. The Morgan fingerprint density at radius 1 is 1.33 bits per heavy atom. The first kappa shape index (κ1) is 14.9. The monoisotopic (exact) mass is 286 g/mol. The van der Waals surface area contributed by atoms with Crippen molar-refractivity contribution in [1.29, 1.82) is 0 Å². The third kappa shape index (κ3) is 2.84. The second kappa shape index (κ2) is 5.48. The Bertz CT molecular complexity index is 795. The molecule has 4 nitrogen and oxygen atoms in total. The molecule has 0 unspecified atom stereocenters. The second-order valence-corrected chi connectivity index (χ2v) is 5.38. The highest BCUT2D eigenvalue weighted by Gasteiger charge is 2.16. The fraction of sp³-hybridized carbons (Fsp3) is 0.235. The zero-order valence-corrected chi connectivity index (χ0v) is 12.3. The number of hydrogen-bond donors (Lipinski definition) is 2. The average Bonchev–Trinajstić information content (AvgIpc) is 2.36. The Hall–Kier alpha value is -2.49. The molecule has 0 saturated heterocycles. The van der Waals surface area contributed by atoms with Crippen LogP contribution >= 0.6 is 0 Å². The highest BCUT2D eigenvalue weighted by Crippen LogP contribution is 2.36. The van der Waals surface area contributed by atoms with Crippen LogP contribution in [0, 0.1) is 0 Å². The fourth-order valence-electron chi connectivity index (χ4n) is 2.00. The van der Waals surface area contributed by atoms with E-state index in [1.807, 2.05) is 13.8 Å². The van der Waals surface area contributed by atoms with Crippen molar-refractivity contribution in [2.24, 2.45) is 0 Å². The second-order valence-electron chi connectivity index (χ2n) is 5.38. The summed E-state index contributed by atoms with van der Waals surface area (Å²) in [4.78, 5) is 12.2. The number of rotatable bonds is 3. The minimum Gasteiger partial charge on any atom is -0.507 e. The molecule has 2 N–H and O–H groups in total. The summed E-state index contributed by atoms with van der Waals surface area (Å²) in [7, 11) is 0. The van der Waals surface area contributed by atoms with Gasteiger partial charge in [0.15, 0.2) is 5.43 Å². The molecule has 1 aromatic heterocycles. The lowest BCUT2D eigenvalue weighted by atomic mass is 10.0. The number of benzene rings is 1. The van der Waals surface area contributed by atoms with Gasteiger partial charge < -0.3 is 14.6 Å². The maximum atomic E-state index is 12.2. The van der Waals surface area contributed by atoms with Gasteiger partial charge in [-0.25, -0.2) is 0 Å². The molecule has 0 aliphatic heterocycles. The van der Waals surface area contributed by atoms with Gasteiger partial charge in [0.1, 0.15) is 28.2 Å². The summed E-state index contributed by atoms with van der Waals surface area (Å²) in [5, 5.41) is 20.3. The van der Waals surface area contributed by atoms with Crippen LogP contribution in [0.5, 0.6) is 11.5 Å². The first-order valence-corrected chi connectivity index (χ1v) is 6.67. The van der Waals surface area contributed by atoms with E-state index in [2.05, 4.69) is 6.58 Å². The van der Waals surface area contributed by atoms with E-state index in [9.17, 15) is 15.0 Å². The molecule has 0 atom stereocenters. The van der Waals surface area contributed by atoms with E-state index in [1.165, 1.54) is 18.2 Å². The van der Waals surface area contributed by atoms with Crippen molar-refractivity contribution in [1.82, 2.24) is 0 Å². The van der Waals surface area contributed by atoms with Crippen molar-refractivity contribution in [3.63, 3.8) is 0 Å². The summed E-state index contributed by atoms with van der Waals surface area (Å²) in [6, 6.07) is 2.72. The average molecular weight is 286 g/mol. The van der Waals surface area contributed by atoms with Crippen LogP contribution in [0.4, 0.5) is 0 Å². The van der Waals surface area contributed by atoms with Crippen molar-refractivity contribution >= 4 is 17.0 Å². The molecule has 1 heterocycles. The molecule has 0 saturated carbocycles. The van der Waals surface area contributed by atoms with Gasteiger partial charge in [0.2, 0.25) is 0 Å². The largest absolute Gasteiger partial charge is 0.507 e. The summed E-state index contributed by atoms with van der Waals surface area (Å²) in [5.74, 6) is 0.110. The smallest absolute Gasteiger partial charge is 0.196 e. The molecule has 2 rings (SSSR count). The molecule has 0 aliphatic rings. The van der Waals surface area contributed by atoms with E-state index in [-0.39, 0.29) is 39.4 Å². The van der Waals surface area contributed by atoms with Gasteiger partial charge in [0.25, 0.3) is 0 Å². The van der Waals surface area contributed by atoms with Crippen molar-refractivity contribution in [2.45, 2.75) is 26.7 Å². The van der Waals surface area contributed by atoms with Gasteiger partial charge in [-0.2, -0.15) is 0 Å². The van der Waals surface area contributed by atoms with Gasteiger partial charge >= 0.3 is 0 Å². The topological polar surface area (TPSA) is 70.7 Å². The van der Waals surface area contributed by atoms with Crippen molar-refractivity contribution < 1.29 is 14.6 Å². The number of allylic oxidation sites excluding steroid dienone is 2. The van der Waals surface area contributed by atoms with E-state index in [0.717, 1.165) is 5.57 Å². The molecule has 0 radical (unpaired) electrons. The molecule has 110 valence electrons. The summed E-state index contributed by atoms with van der Waals surface area (Å²) in [6.07, 6.45) is 3.16. The Morgan fingerprint density at radius 2 is 2.00 bits per heavy atom. The molecule has 0 aliphatic carbocycles. The van der Waals surface area contributed by atoms with Gasteiger partial charge in [-0.05, 0) is 13.0 Å². The highest BCUT2D eigenvalue weighted by atomic mass is 16.3. The molecule has 0 amide bonds. The van der Waals surface area contributed by atoms with Crippen LogP contribution in [-0.4, -0.2) is 10.2 Å². The van der Waals surface area contributed by atoms with Gasteiger partial charge in [0, 0.05) is 18.1 Å². The normalized spacial score (nSPS) is 11.6. The van der Waals surface area contributed by atoms with Crippen LogP contribution in [0.25, 0.3) is 17.0 Å². The predicted molar refractivity (Wildman–Crippen MR) is 83.8 cm³/mol. The van der Waals surface area contributed by atoms with Gasteiger partial charge in [-0.1, -0.05) is 32.1 Å². The molecule has 1 aromatic carbocycles. The zero-order chi connectivity index (χ0) is 15.7. The van der Waals surface area contributed by atoms with Crippen LogP contribution in [-0.2, 0) is 0 Å². The number of aromatic hydroxyl groups is 2. The van der Waals surface area contributed by atoms with Crippen LogP contribution < -0.4 is 5.43 Å². The van der Waals surface area contributed by atoms with Crippen molar-refractivity contribution in [3.8, 4) is 11.5 Å². The summed E-state index contributed by atoms with van der Waals surface area (Å²) >= 11 is 0. The highest BCUT2D eigenvalue weighted by molar-refractivity contribution is 5.90. The molecular weight excluding hydrogens is 268 g/mol. The van der Waals surface area contributed by atoms with Crippen molar-refractivity contribution in [2.75, 3.05) is 0 Å². The standard InChI is InChI=1S/C17H18O4/c1-9(2)5-6-11-12(18)7-15-16(17(11)20)13(19)8-14(21-15)10(3)4/h5-8,10,18,20H,1H2,2-4H3. The number of phenolic OH excluding ortho intramolecular Hbond substituents is 2. The molecule has 2 aromatic rings. The first-order valence-electron chi connectivity index (χ1n) is 6.67. The minimum atomic E-state index is -0.331. The Balaban J connectivity index is 2.78. The summed E-state index contributed by atoms with van der Waals surface area (Å²) in [6.45, 7) is 9.29.